The van der Waals surface area contributed by atoms with Gasteiger partial charge in [0.25, 0.3) is 11.1 Å². The zero-order valence-corrected chi connectivity index (χ0v) is 15.3. The maximum Gasteiger partial charge on any atom is 0.277 e. The number of nitrogens with zero attached hydrogens (tertiary/aromatic N) is 2. The molecule has 0 spiro atoms. The predicted molar refractivity (Wildman–Crippen MR) is 99.0 cm³/mol. The fourth-order valence-electron chi connectivity index (χ4n) is 2.33. The summed E-state index contributed by atoms with van der Waals surface area (Å²) in [5.41, 5.74) is 0.657. The van der Waals surface area contributed by atoms with Crippen molar-refractivity contribution in [3.8, 4) is 22.3 Å². The number of carbonyl (C=O) groups excluding carboxylic acids is 1. The Morgan fingerprint density at radius 2 is 2.08 bits per heavy atom. The molecule has 0 saturated carbocycles. The van der Waals surface area contributed by atoms with E-state index < -0.39 is 0 Å². The van der Waals surface area contributed by atoms with Gasteiger partial charge in [-0.3, -0.25) is 4.79 Å². The fourth-order valence-corrected chi connectivity index (χ4v) is 3.54. The van der Waals surface area contributed by atoms with E-state index in [1.807, 2.05) is 17.5 Å². The van der Waals surface area contributed by atoms with Crippen LogP contribution in [0.5, 0.6) is 11.5 Å². The number of anilines is 1. The highest BCUT2D eigenvalue weighted by atomic mass is 32.2. The number of carbonyl (C=O) groups is 1. The number of hydrogen-bond acceptors (Lipinski definition) is 8. The Balaban J connectivity index is 1.34. The minimum atomic E-state index is -0.166. The highest BCUT2D eigenvalue weighted by Crippen LogP contribution is 2.32. The first-order valence-corrected chi connectivity index (χ1v) is 9.84. The number of rotatable bonds is 5. The van der Waals surface area contributed by atoms with Crippen molar-refractivity contribution in [2.45, 2.75) is 11.6 Å². The Morgan fingerprint density at radius 3 is 2.92 bits per heavy atom. The molecule has 26 heavy (non-hydrogen) atoms. The average Bonchev–Trinajstić information content (AvgIpc) is 3.28. The first-order chi connectivity index (χ1) is 12.8. The van der Waals surface area contributed by atoms with Crippen LogP contribution in [0.1, 0.15) is 6.42 Å². The van der Waals surface area contributed by atoms with Crippen molar-refractivity contribution in [3.05, 3.63) is 35.7 Å². The topological polar surface area (TPSA) is 86.5 Å². The number of ether oxygens (including phenoxy) is 2. The van der Waals surface area contributed by atoms with Crippen LogP contribution in [0.25, 0.3) is 10.8 Å². The third-order valence-corrected chi connectivity index (χ3v) is 5.17. The van der Waals surface area contributed by atoms with Crippen LogP contribution in [0.15, 0.2) is 45.4 Å². The summed E-state index contributed by atoms with van der Waals surface area (Å²) in [4.78, 5) is 13.1. The fraction of sp³-hybridized carbons (Fsp3) is 0.235. The number of thiophene rings is 1. The summed E-state index contributed by atoms with van der Waals surface area (Å²) >= 11 is 2.72. The SMILES string of the molecule is O=C(CSc1nnc(-c2cccs2)o1)Nc1ccc2c(c1)OCCCO2. The predicted octanol–water partition coefficient (Wildman–Crippen LogP) is 3.69. The van der Waals surface area contributed by atoms with Crippen LogP contribution in [0, 0.1) is 0 Å². The van der Waals surface area contributed by atoms with E-state index in [1.54, 1.807) is 18.2 Å². The number of fused-ring (bicyclic) bond motifs is 1. The molecule has 0 fully saturated rings. The molecule has 1 aliphatic heterocycles. The van der Waals surface area contributed by atoms with Gasteiger partial charge in [-0.15, -0.1) is 21.5 Å². The maximum absolute atomic E-state index is 12.2. The Hall–Kier alpha value is -2.52. The molecule has 7 nitrogen and oxygen atoms in total. The first-order valence-electron chi connectivity index (χ1n) is 7.97. The molecule has 1 N–H and O–H groups in total. The maximum atomic E-state index is 12.2. The van der Waals surface area contributed by atoms with E-state index in [0.29, 0.717) is 41.5 Å². The van der Waals surface area contributed by atoms with Crippen LogP contribution in [0.2, 0.25) is 0 Å². The van der Waals surface area contributed by atoms with Gasteiger partial charge >= 0.3 is 0 Å². The Labute approximate surface area is 157 Å². The number of nitrogens with one attached hydrogen (secondary N) is 1. The van der Waals surface area contributed by atoms with E-state index >= 15 is 0 Å². The van der Waals surface area contributed by atoms with Crippen molar-refractivity contribution in [2.75, 3.05) is 24.3 Å². The monoisotopic (exact) mass is 389 g/mol. The second-order valence-corrected chi connectivity index (χ2v) is 7.27. The molecule has 3 heterocycles. The lowest BCUT2D eigenvalue weighted by molar-refractivity contribution is -0.113. The van der Waals surface area contributed by atoms with E-state index in [4.69, 9.17) is 13.9 Å². The number of amides is 1. The van der Waals surface area contributed by atoms with E-state index in [9.17, 15) is 4.79 Å². The molecule has 1 amide bonds. The summed E-state index contributed by atoms with van der Waals surface area (Å²) in [6.45, 7) is 1.23. The Bertz CT molecular complexity index is 895. The molecule has 1 aliphatic rings. The normalized spacial score (nSPS) is 13.2. The summed E-state index contributed by atoms with van der Waals surface area (Å²) in [6.07, 6.45) is 0.838. The highest BCUT2D eigenvalue weighted by Gasteiger charge is 2.14. The summed E-state index contributed by atoms with van der Waals surface area (Å²) in [5, 5.41) is 13.1. The van der Waals surface area contributed by atoms with E-state index in [1.165, 1.54) is 23.1 Å². The second-order valence-electron chi connectivity index (χ2n) is 5.40. The van der Waals surface area contributed by atoms with Crippen LogP contribution >= 0.6 is 23.1 Å². The molecule has 0 atom stereocenters. The number of thioether (sulfide) groups is 1. The first kappa shape index (κ1) is 16.9. The Morgan fingerprint density at radius 1 is 1.19 bits per heavy atom. The van der Waals surface area contributed by atoms with Gasteiger partial charge in [0.15, 0.2) is 11.5 Å². The van der Waals surface area contributed by atoms with Gasteiger partial charge in [0.1, 0.15) is 0 Å². The molecule has 0 radical (unpaired) electrons. The quantitative estimate of drug-likeness (QED) is 0.666. The lowest BCUT2D eigenvalue weighted by Crippen LogP contribution is -2.14. The van der Waals surface area contributed by atoms with Gasteiger partial charge in [-0.2, -0.15) is 0 Å². The van der Waals surface area contributed by atoms with Crippen LogP contribution < -0.4 is 14.8 Å². The van der Waals surface area contributed by atoms with Gasteiger partial charge in [-0.1, -0.05) is 17.8 Å². The minimum Gasteiger partial charge on any atom is -0.490 e. The largest absolute Gasteiger partial charge is 0.490 e. The van der Waals surface area contributed by atoms with E-state index in [-0.39, 0.29) is 11.7 Å². The van der Waals surface area contributed by atoms with Crippen LogP contribution in [-0.4, -0.2) is 35.1 Å². The summed E-state index contributed by atoms with van der Waals surface area (Å²) in [5.74, 6) is 1.80. The average molecular weight is 389 g/mol. The van der Waals surface area contributed by atoms with Crippen molar-refractivity contribution in [1.82, 2.24) is 10.2 Å². The molecule has 0 bridgehead atoms. The van der Waals surface area contributed by atoms with Crippen LogP contribution in [0.3, 0.4) is 0 Å². The molecular formula is C17H15N3O4S2. The number of aromatic nitrogens is 2. The molecule has 134 valence electrons. The van der Waals surface area contributed by atoms with Gasteiger partial charge in [0.2, 0.25) is 5.91 Å². The van der Waals surface area contributed by atoms with Crippen LogP contribution in [0.4, 0.5) is 5.69 Å². The standard InChI is InChI=1S/C17H15N3O4S2/c21-15(10-26-17-20-19-16(24-17)14-3-1-8-25-14)18-11-4-5-12-13(9-11)23-7-2-6-22-12/h1,3-5,8-9H,2,6-7,10H2,(H,18,21). The Kier molecular flexibility index (Phi) is 5.07. The molecule has 0 saturated heterocycles. The van der Waals surface area contributed by atoms with Gasteiger partial charge in [-0.05, 0) is 23.6 Å². The molecule has 0 unspecified atom stereocenters. The molecule has 2 aromatic heterocycles. The van der Waals surface area contributed by atoms with Crippen molar-refractivity contribution in [1.29, 1.82) is 0 Å². The van der Waals surface area contributed by atoms with Crippen molar-refractivity contribution < 1.29 is 18.7 Å². The van der Waals surface area contributed by atoms with Gasteiger partial charge < -0.3 is 19.2 Å². The smallest absolute Gasteiger partial charge is 0.277 e. The van der Waals surface area contributed by atoms with E-state index in [2.05, 4.69) is 15.5 Å². The van der Waals surface area contributed by atoms with Gasteiger partial charge in [-0.25, -0.2) is 0 Å². The lowest BCUT2D eigenvalue weighted by atomic mass is 10.2. The van der Waals surface area contributed by atoms with Crippen molar-refractivity contribution in [2.24, 2.45) is 0 Å². The van der Waals surface area contributed by atoms with Gasteiger partial charge in [0.05, 0.1) is 23.8 Å². The molecule has 0 aliphatic carbocycles. The third-order valence-electron chi connectivity index (χ3n) is 3.50. The number of benzene rings is 1. The van der Waals surface area contributed by atoms with Crippen molar-refractivity contribution >= 4 is 34.7 Å². The molecular weight excluding hydrogens is 374 g/mol. The highest BCUT2D eigenvalue weighted by molar-refractivity contribution is 7.99. The number of hydrogen-bond donors (Lipinski definition) is 1. The third kappa shape index (κ3) is 4.00. The molecule has 1 aromatic carbocycles. The van der Waals surface area contributed by atoms with Crippen molar-refractivity contribution in [3.63, 3.8) is 0 Å². The van der Waals surface area contributed by atoms with Gasteiger partial charge in [0, 0.05) is 18.2 Å². The van der Waals surface area contributed by atoms with Crippen LogP contribution in [-0.2, 0) is 4.79 Å². The molecule has 9 heteroatoms. The minimum absolute atomic E-state index is 0.166. The second kappa shape index (κ2) is 7.79. The summed E-state index contributed by atoms with van der Waals surface area (Å²) in [6, 6.07) is 9.18. The lowest BCUT2D eigenvalue weighted by Gasteiger charge is -2.10. The molecule has 3 aromatic rings. The summed E-state index contributed by atoms with van der Waals surface area (Å²) < 4.78 is 16.8. The zero-order chi connectivity index (χ0) is 17.8. The zero-order valence-electron chi connectivity index (χ0n) is 13.6. The van der Waals surface area contributed by atoms with E-state index in [0.717, 1.165) is 11.3 Å². The molecule has 4 rings (SSSR count). The summed E-state index contributed by atoms with van der Waals surface area (Å²) in [7, 11) is 0.